The molecule has 0 atom stereocenters. The summed E-state index contributed by atoms with van der Waals surface area (Å²) < 4.78 is 10.5. The molecule has 0 aliphatic heterocycles. The summed E-state index contributed by atoms with van der Waals surface area (Å²) in [7, 11) is 1.58. The molecule has 7 nitrogen and oxygen atoms in total. The number of hydrogen-bond acceptors (Lipinski definition) is 5. The predicted octanol–water partition coefficient (Wildman–Crippen LogP) is 3.43. The van der Waals surface area contributed by atoms with Crippen molar-refractivity contribution < 1.29 is 19.1 Å². The van der Waals surface area contributed by atoms with Crippen LogP contribution in [0.3, 0.4) is 0 Å². The Labute approximate surface area is 175 Å². The lowest BCUT2D eigenvalue weighted by Gasteiger charge is -2.13. The summed E-state index contributed by atoms with van der Waals surface area (Å²) in [6, 6.07) is 13.9. The molecule has 154 valence electrons. The van der Waals surface area contributed by atoms with Gasteiger partial charge in [-0.1, -0.05) is 26.0 Å². The van der Waals surface area contributed by atoms with Crippen molar-refractivity contribution in [3.63, 3.8) is 0 Å². The quantitative estimate of drug-likeness (QED) is 0.452. The van der Waals surface area contributed by atoms with Crippen LogP contribution in [0.1, 0.15) is 24.2 Å². The van der Waals surface area contributed by atoms with Crippen molar-refractivity contribution in [2.24, 2.45) is 5.92 Å². The van der Waals surface area contributed by atoms with Crippen LogP contribution in [0.2, 0.25) is 0 Å². The van der Waals surface area contributed by atoms with E-state index in [1.54, 1.807) is 55.6 Å². The molecule has 0 bridgehead atoms. The number of nitrogens with one attached hydrogen (secondary N) is 3. The second-order valence-electron chi connectivity index (χ2n) is 6.47. The van der Waals surface area contributed by atoms with Crippen LogP contribution in [-0.4, -0.2) is 37.3 Å². The van der Waals surface area contributed by atoms with Gasteiger partial charge in [-0.05, 0) is 48.6 Å². The van der Waals surface area contributed by atoms with Crippen molar-refractivity contribution >= 4 is 40.5 Å². The lowest BCUT2D eigenvalue weighted by Crippen LogP contribution is -2.34. The normalized spacial score (nSPS) is 10.3. The Morgan fingerprint density at radius 1 is 0.966 bits per heavy atom. The lowest BCUT2D eigenvalue weighted by atomic mass is 10.2. The number of amides is 2. The molecule has 0 unspecified atom stereocenters. The first-order chi connectivity index (χ1) is 13.9. The standard InChI is InChI=1S/C21H25N3O4S/c1-14(2)19(25)22-15-8-10-16(11-9-15)23-21(29)24-20(26)17-6-4-5-7-18(17)28-13-12-27-3/h4-11,14H,12-13H2,1-3H3,(H,22,25)(H2,23,24,26,29). The highest BCUT2D eigenvalue weighted by Gasteiger charge is 2.14. The highest BCUT2D eigenvalue weighted by molar-refractivity contribution is 7.80. The molecule has 29 heavy (non-hydrogen) atoms. The van der Waals surface area contributed by atoms with Crippen molar-refractivity contribution in [1.82, 2.24) is 5.32 Å². The molecule has 0 aliphatic rings. The van der Waals surface area contributed by atoms with E-state index in [0.717, 1.165) is 0 Å². The van der Waals surface area contributed by atoms with Crippen molar-refractivity contribution in [3.8, 4) is 5.75 Å². The molecule has 0 spiro atoms. The zero-order chi connectivity index (χ0) is 21.2. The minimum atomic E-state index is -0.378. The Hall–Kier alpha value is -2.97. The van der Waals surface area contributed by atoms with E-state index in [0.29, 0.717) is 35.9 Å². The highest BCUT2D eigenvalue weighted by Crippen LogP contribution is 2.18. The molecule has 2 aromatic carbocycles. The van der Waals surface area contributed by atoms with Gasteiger partial charge in [0.05, 0.1) is 12.2 Å². The number of carbonyl (C=O) groups is 2. The third kappa shape index (κ3) is 7.17. The first-order valence-electron chi connectivity index (χ1n) is 9.14. The Kier molecular flexibility index (Phi) is 8.57. The monoisotopic (exact) mass is 415 g/mol. The van der Waals surface area contributed by atoms with Crippen LogP contribution in [0.4, 0.5) is 11.4 Å². The largest absolute Gasteiger partial charge is 0.490 e. The number of methoxy groups -OCH3 is 1. The Balaban J connectivity index is 1.94. The van der Waals surface area contributed by atoms with Crippen LogP contribution in [0.15, 0.2) is 48.5 Å². The Morgan fingerprint density at radius 2 is 1.59 bits per heavy atom. The van der Waals surface area contributed by atoms with Gasteiger partial charge in [0.2, 0.25) is 5.91 Å². The van der Waals surface area contributed by atoms with Gasteiger partial charge >= 0.3 is 0 Å². The maximum Gasteiger partial charge on any atom is 0.261 e. The summed E-state index contributed by atoms with van der Waals surface area (Å²) in [5, 5.41) is 8.55. The SMILES string of the molecule is COCCOc1ccccc1C(=O)NC(=S)Nc1ccc(NC(=O)C(C)C)cc1. The third-order valence-corrected chi connectivity index (χ3v) is 4.04. The van der Waals surface area contributed by atoms with E-state index in [1.807, 2.05) is 13.8 Å². The number of para-hydroxylation sites is 1. The van der Waals surface area contributed by atoms with E-state index in [2.05, 4.69) is 16.0 Å². The van der Waals surface area contributed by atoms with Gasteiger partial charge in [-0.15, -0.1) is 0 Å². The fourth-order valence-corrected chi connectivity index (χ4v) is 2.48. The van der Waals surface area contributed by atoms with Gasteiger partial charge in [-0.3, -0.25) is 14.9 Å². The van der Waals surface area contributed by atoms with E-state index in [4.69, 9.17) is 21.7 Å². The van der Waals surface area contributed by atoms with E-state index < -0.39 is 0 Å². The second-order valence-corrected chi connectivity index (χ2v) is 6.88. The number of rotatable bonds is 8. The molecule has 0 heterocycles. The summed E-state index contributed by atoms with van der Waals surface area (Å²) >= 11 is 5.23. The number of carbonyl (C=O) groups excluding carboxylic acids is 2. The van der Waals surface area contributed by atoms with Crippen LogP contribution in [-0.2, 0) is 9.53 Å². The maximum absolute atomic E-state index is 12.5. The number of thiocarbonyl (C=S) groups is 1. The number of anilines is 2. The average molecular weight is 416 g/mol. The summed E-state index contributed by atoms with van der Waals surface area (Å²) in [6.07, 6.45) is 0. The molecule has 3 N–H and O–H groups in total. The second kappa shape index (κ2) is 11.1. The van der Waals surface area contributed by atoms with Gasteiger partial charge in [0.15, 0.2) is 5.11 Å². The first-order valence-corrected chi connectivity index (χ1v) is 9.55. The zero-order valence-corrected chi connectivity index (χ0v) is 17.5. The van der Waals surface area contributed by atoms with E-state index in [9.17, 15) is 9.59 Å². The maximum atomic E-state index is 12.5. The van der Waals surface area contributed by atoms with Crippen molar-refractivity contribution in [2.75, 3.05) is 31.0 Å². The Morgan fingerprint density at radius 3 is 2.21 bits per heavy atom. The zero-order valence-electron chi connectivity index (χ0n) is 16.7. The fraction of sp³-hybridized carbons (Fsp3) is 0.286. The molecular formula is C21H25N3O4S. The first kappa shape index (κ1) is 22.3. The van der Waals surface area contributed by atoms with Gasteiger partial charge in [0, 0.05) is 24.4 Å². The topological polar surface area (TPSA) is 88.7 Å². The number of ether oxygens (including phenoxy) is 2. The molecule has 0 radical (unpaired) electrons. The predicted molar refractivity (Wildman–Crippen MR) is 117 cm³/mol. The van der Waals surface area contributed by atoms with Crippen LogP contribution < -0.4 is 20.7 Å². The summed E-state index contributed by atoms with van der Waals surface area (Å²) in [5.41, 5.74) is 1.74. The van der Waals surface area contributed by atoms with Gasteiger partial charge in [0.25, 0.3) is 5.91 Å². The molecule has 2 rings (SSSR count). The van der Waals surface area contributed by atoms with Gasteiger partial charge in [0.1, 0.15) is 12.4 Å². The highest BCUT2D eigenvalue weighted by atomic mass is 32.1. The number of hydrogen-bond donors (Lipinski definition) is 3. The molecule has 2 amide bonds. The van der Waals surface area contributed by atoms with E-state index in [1.165, 1.54) is 0 Å². The van der Waals surface area contributed by atoms with Crippen LogP contribution in [0.5, 0.6) is 5.75 Å². The summed E-state index contributed by atoms with van der Waals surface area (Å²) in [4.78, 5) is 24.3. The molecule has 8 heteroatoms. The van der Waals surface area contributed by atoms with Gasteiger partial charge < -0.3 is 20.1 Å². The van der Waals surface area contributed by atoms with Crippen LogP contribution in [0.25, 0.3) is 0 Å². The minimum absolute atomic E-state index is 0.0557. The minimum Gasteiger partial charge on any atom is -0.490 e. The van der Waals surface area contributed by atoms with Crippen molar-refractivity contribution in [3.05, 3.63) is 54.1 Å². The molecule has 0 saturated heterocycles. The average Bonchev–Trinajstić information content (AvgIpc) is 2.69. The van der Waals surface area contributed by atoms with Crippen molar-refractivity contribution in [2.45, 2.75) is 13.8 Å². The molecule has 2 aromatic rings. The van der Waals surface area contributed by atoms with Gasteiger partial charge in [-0.2, -0.15) is 0 Å². The Bertz CT molecular complexity index is 853. The molecule has 0 aliphatic carbocycles. The van der Waals surface area contributed by atoms with Crippen molar-refractivity contribution in [1.29, 1.82) is 0 Å². The smallest absolute Gasteiger partial charge is 0.261 e. The molecule has 0 saturated carbocycles. The van der Waals surface area contributed by atoms with E-state index in [-0.39, 0.29) is 22.8 Å². The lowest BCUT2D eigenvalue weighted by molar-refractivity contribution is -0.118. The van der Waals surface area contributed by atoms with Crippen LogP contribution >= 0.6 is 12.2 Å². The van der Waals surface area contributed by atoms with E-state index >= 15 is 0 Å². The molecule has 0 aromatic heterocycles. The summed E-state index contributed by atoms with van der Waals surface area (Å²) in [5.74, 6) is -0.0803. The fourth-order valence-electron chi connectivity index (χ4n) is 2.27. The molecular weight excluding hydrogens is 390 g/mol. The third-order valence-electron chi connectivity index (χ3n) is 3.84. The number of benzene rings is 2. The molecule has 0 fully saturated rings. The summed E-state index contributed by atoms with van der Waals surface area (Å²) in [6.45, 7) is 4.41. The van der Waals surface area contributed by atoms with Gasteiger partial charge in [-0.25, -0.2) is 0 Å². The van der Waals surface area contributed by atoms with Crippen LogP contribution in [0, 0.1) is 5.92 Å².